The lowest BCUT2D eigenvalue weighted by molar-refractivity contribution is -0.117. The Bertz CT molecular complexity index is 480. The van der Waals surface area contributed by atoms with Gasteiger partial charge in [0.15, 0.2) is 0 Å². The van der Waals surface area contributed by atoms with Crippen molar-refractivity contribution < 1.29 is 4.79 Å². The second-order valence-electron chi connectivity index (χ2n) is 6.98. The molecule has 126 valence electrons. The average Bonchev–Trinajstić information content (AvgIpc) is 2.88. The first kappa shape index (κ1) is 19.3. The van der Waals surface area contributed by atoms with Gasteiger partial charge in [-0.25, -0.2) is 0 Å². The molecule has 0 aliphatic carbocycles. The summed E-state index contributed by atoms with van der Waals surface area (Å²) in [6.45, 7) is 10.6. The number of hydrogen-bond acceptors (Lipinski definition) is 5. The van der Waals surface area contributed by atoms with E-state index in [2.05, 4.69) is 48.5 Å². The molecule has 1 amide bonds. The van der Waals surface area contributed by atoms with Crippen LogP contribution in [0.3, 0.4) is 0 Å². The standard InChI is InChI=1S/C15H26N4OS.ClH/c1-10(11-5-7-16-8-6-11)9-12(20)17-14-19-18-13(21-14)15(2,3)4;/h10-11,16H,5-9H2,1-4H3,(H,17,19,20);1H. The van der Waals surface area contributed by atoms with E-state index in [4.69, 9.17) is 0 Å². The van der Waals surface area contributed by atoms with Gasteiger partial charge in [0.1, 0.15) is 5.01 Å². The fourth-order valence-electron chi connectivity index (χ4n) is 2.62. The van der Waals surface area contributed by atoms with Crippen LogP contribution in [0.4, 0.5) is 5.13 Å². The Balaban J connectivity index is 0.00000242. The molecule has 2 rings (SSSR count). The molecule has 0 spiro atoms. The van der Waals surface area contributed by atoms with Crippen LogP contribution < -0.4 is 10.6 Å². The number of hydrogen-bond donors (Lipinski definition) is 2. The first-order valence-corrected chi connectivity index (χ1v) is 8.52. The third kappa shape index (κ3) is 5.48. The SMILES string of the molecule is CC(CC(=O)Nc1nnc(C(C)(C)C)s1)C1CCNCC1.Cl. The van der Waals surface area contributed by atoms with Gasteiger partial charge in [-0.2, -0.15) is 0 Å². The van der Waals surface area contributed by atoms with Gasteiger partial charge in [0, 0.05) is 11.8 Å². The predicted molar refractivity (Wildman–Crippen MR) is 93.9 cm³/mol. The van der Waals surface area contributed by atoms with Gasteiger partial charge < -0.3 is 10.6 Å². The largest absolute Gasteiger partial charge is 0.317 e. The third-order valence-electron chi connectivity index (χ3n) is 4.01. The zero-order valence-electron chi connectivity index (χ0n) is 13.8. The fraction of sp³-hybridized carbons (Fsp3) is 0.800. The van der Waals surface area contributed by atoms with Crippen molar-refractivity contribution in [2.45, 2.75) is 52.4 Å². The number of nitrogens with one attached hydrogen (secondary N) is 2. The number of carbonyl (C=O) groups is 1. The lowest BCUT2D eigenvalue weighted by atomic mass is 9.84. The van der Waals surface area contributed by atoms with Gasteiger partial charge in [-0.15, -0.1) is 22.6 Å². The van der Waals surface area contributed by atoms with Gasteiger partial charge in [0.05, 0.1) is 0 Å². The van der Waals surface area contributed by atoms with Gasteiger partial charge in [0.25, 0.3) is 0 Å². The molecule has 5 nitrogen and oxygen atoms in total. The summed E-state index contributed by atoms with van der Waals surface area (Å²) in [5.74, 6) is 1.12. The lowest BCUT2D eigenvalue weighted by Gasteiger charge is -2.27. The van der Waals surface area contributed by atoms with Crippen molar-refractivity contribution in [3.05, 3.63) is 5.01 Å². The maximum absolute atomic E-state index is 12.1. The van der Waals surface area contributed by atoms with E-state index in [1.807, 2.05) is 0 Å². The number of piperidine rings is 1. The topological polar surface area (TPSA) is 66.9 Å². The molecule has 1 aromatic heterocycles. The van der Waals surface area contributed by atoms with Crippen molar-refractivity contribution in [3.8, 4) is 0 Å². The van der Waals surface area contributed by atoms with Crippen LogP contribution in [0.1, 0.15) is 52.0 Å². The molecule has 1 fully saturated rings. The van der Waals surface area contributed by atoms with E-state index in [1.165, 1.54) is 24.2 Å². The minimum absolute atomic E-state index is 0. The molecule has 0 aromatic carbocycles. The van der Waals surface area contributed by atoms with E-state index < -0.39 is 0 Å². The normalized spacial score (nSPS) is 17.6. The highest BCUT2D eigenvalue weighted by Gasteiger charge is 2.23. The summed E-state index contributed by atoms with van der Waals surface area (Å²) in [7, 11) is 0. The first-order chi connectivity index (χ1) is 9.86. The van der Waals surface area contributed by atoms with Crippen molar-refractivity contribution in [1.82, 2.24) is 15.5 Å². The maximum Gasteiger partial charge on any atom is 0.226 e. The van der Waals surface area contributed by atoms with Gasteiger partial charge in [0.2, 0.25) is 11.0 Å². The minimum atomic E-state index is -0.0248. The predicted octanol–water partition coefficient (Wildman–Crippen LogP) is 3.22. The van der Waals surface area contributed by atoms with E-state index in [-0.39, 0.29) is 23.7 Å². The van der Waals surface area contributed by atoms with E-state index in [0.29, 0.717) is 23.4 Å². The molecule has 1 aliphatic heterocycles. The highest BCUT2D eigenvalue weighted by atomic mass is 35.5. The van der Waals surface area contributed by atoms with Crippen molar-refractivity contribution in [3.63, 3.8) is 0 Å². The third-order valence-corrected chi connectivity index (χ3v) is 5.27. The van der Waals surface area contributed by atoms with Crippen LogP contribution in [0.15, 0.2) is 0 Å². The maximum atomic E-state index is 12.1. The molecule has 1 aromatic rings. The summed E-state index contributed by atoms with van der Waals surface area (Å²) < 4.78 is 0. The van der Waals surface area contributed by atoms with Crippen molar-refractivity contribution in [1.29, 1.82) is 0 Å². The van der Waals surface area contributed by atoms with Crippen LogP contribution in [0.25, 0.3) is 0 Å². The summed E-state index contributed by atoms with van der Waals surface area (Å²) in [4.78, 5) is 12.1. The van der Waals surface area contributed by atoms with Crippen molar-refractivity contribution in [2.24, 2.45) is 11.8 Å². The van der Waals surface area contributed by atoms with Crippen LogP contribution in [-0.2, 0) is 10.2 Å². The zero-order valence-corrected chi connectivity index (χ0v) is 15.4. The zero-order chi connectivity index (χ0) is 15.5. The number of rotatable bonds is 4. The van der Waals surface area contributed by atoms with Crippen LogP contribution in [-0.4, -0.2) is 29.2 Å². The second-order valence-corrected chi connectivity index (χ2v) is 7.96. The highest BCUT2D eigenvalue weighted by Crippen LogP contribution is 2.28. The Labute approximate surface area is 143 Å². The summed E-state index contributed by atoms with van der Waals surface area (Å²) in [6, 6.07) is 0. The van der Waals surface area contributed by atoms with E-state index in [9.17, 15) is 4.79 Å². The Morgan fingerprint density at radius 2 is 2.00 bits per heavy atom. The average molecular weight is 347 g/mol. The summed E-state index contributed by atoms with van der Waals surface area (Å²) in [5.41, 5.74) is -0.0248. The molecule has 0 bridgehead atoms. The molecule has 2 heterocycles. The molecular formula is C15H27ClN4OS. The van der Waals surface area contributed by atoms with Gasteiger partial charge in [-0.1, -0.05) is 39.0 Å². The first-order valence-electron chi connectivity index (χ1n) is 7.71. The van der Waals surface area contributed by atoms with Crippen LogP contribution in [0, 0.1) is 11.8 Å². The summed E-state index contributed by atoms with van der Waals surface area (Å²) >= 11 is 1.47. The Kier molecular flexibility index (Phi) is 7.22. The second kappa shape index (κ2) is 8.22. The van der Waals surface area contributed by atoms with Crippen LogP contribution in [0.2, 0.25) is 0 Å². The Morgan fingerprint density at radius 3 is 2.55 bits per heavy atom. The highest BCUT2D eigenvalue weighted by molar-refractivity contribution is 7.15. The molecule has 1 saturated heterocycles. The van der Waals surface area contributed by atoms with E-state index >= 15 is 0 Å². The van der Waals surface area contributed by atoms with E-state index in [0.717, 1.165) is 18.1 Å². The van der Waals surface area contributed by atoms with Gasteiger partial charge >= 0.3 is 0 Å². The number of aromatic nitrogens is 2. The van der Waals surface area contributed by atoms with Gasteiger partial charge in [-0.05, 0) is 37.8 Å². The monoisotopic (exact) mass is 346 g/mol. The minimum Gasteiger partial charge on any atom is -0.317 e. The number of halogens is 1. The molecule has 2 N–H and O–H groups in total. The molecule has 1 unspecified atom stereocenters. The molecule has 1 aliphatic rings. The lowest BCUT2D eigenvalue weighted by Crippen LogP contribution is -2.32. The number of anilines is 1. The van der Waals surface area contributed by atoms with Crippen LogP contribution >= 0.6 is 23.7 Å². The molecule has 22 heavy (non-hydrogen) atoms. The van der Waals surface area contributed by atoms with Gasteiger partial charge in [-0.3, -0.25) is 4.79 Å². The fourth-order valence-corrected chi connectivity index (χ4v) is 3.44. The summed E-state index contributed by atoms with van der Waals surface area (Å²) in [6.07, 6.45) is 2.90. The number of amides is 1. The Hall–Kier alpha value is -0.720. The number of carbonyl (C=O) groups excluding carboxylic acids is 1. The molecule has 7 heteroatoms. The number of nitrogens with zero attached hydrogens (tertiary/aromatic N) is 2. The summed E-state index contributed by atoms with van der Waals surface area (Å²) in [5, 5.41) is 16.0. The van der Waals surface area contributed by atoms with Crippen molar-refractivity contribution >= 4 is 34.8 Å². The van der Waals surface area contributed by atoms with Crippen LogP contribution in [0.5, 0.6) is 0 Å². The Morgan fingerprint density at radius 1 is 1.36 bits per heavy atom. The smallest absolute Gasteiger partial charge is 0.226 e. The molecular weight excluding hydrogens is 320 g/mol. The molecule has 1 atom stereocenters. The quantitative estimate of drug-likeness (QED) is 0.878. The molecule has 0 saturated carbocycles. The molecule has 0 radical (unpaired) electrons. The van der Waals surface area contributed by atoms with E-state index in [1.54, 1.807) is 0 Å². The van der Waals surface area contributed by atoms with Crippen molar-refractivity contribution in [2.75, 3.05) is 18.4 Å².